The second kappa shape index (κ2) is 5.66. The Hall–Kier alpha value is -1.15. The molecule has 0 amide bonds. The van der Waals surface area contributed by atoms with Gasteiger partial charge in [0, 0.05) is 6.07 Å². The van der Waals surface area contributed by atoms with Crippen LogP contribution in [0.5, 0.6) is 0 Å². The highest BCUT2D eigenvalue weighted by Crippen LogP contribution is 2.16. The Bertz CT molecular complexity index is 300. The molecule has 84 valence electrons. The van der Waals surface area contributed by atoms with Crippen molar-refractivity contribution < 1.29 is 8.78 Å². The molecule has 0 aliphatic rings. The standard InChI is InChI=1S/C7H11F2N5S/c1-15-7-12-5(11-3-4(8)9)2-6(13-7)14-10/h2,4H,3,10H2,1H3,(H2,11,12,13,14). The van der Waals surface area contributed by atoms with Crippen LogP contribution >= 0.6 is 11.8 Å². The molecule has 4 N–H and O–H groups in total. The fourth-order valence-corrected chi connectivity index (χ4v) is 1.24. The maximum absolute atomic E-state index is 11.9. The van der Waals surface area contributed by atoms with E-state index in [1.165, 1.54) is 17.8 Å². The minimum Gasteiger partial charge on any atom is -0.364 e. The van der Waals surface area contributed by atoms with Crippen LogP contribution < -0.4 is 16.6 Å². The number of nitrogens with two attached hydrogens (primary N) is 1. The van der Waals surface area contributed by atoms with Crippen molar-refractivity contribution in [3.05, 3.63) is 6.07 Å². The molecular weight excluding hydrogens is 224 g/mol. The Kier molecular flexibility index (Phi) is 4.50. The molecule has 0 aromatic carbocycles. The molecule has 15 heavy (non-hydrogen) atoms. The number of halogens is 2. The second-order valence-corrected chi connectivity index (χ2v) is 3.31. The first-order valence-electron chi connectivity index (χ1n) is 4.07. The molecule has 0 spiro atoms. The molecular formula is C7H11F2N5S. The average Bonchev–Trinajstić information content (AvgIpc) is 2.25. The number of nitrogen functional groups attached to an aromatic ring is 1. The molecule has 1 aromatic rings. The predicted octanol–water partition coefficient (Wildman–Crippen LogP) is 1.16. The van der Waals surface area contributed by atoms with Gasteiger partial charge in [-0.2, -0.15) is 0 Å². The molecule has 1 aromatic heterocycles. The van der Waals surface area contributed by atoms with Gasteiger partial charge in [0.05, 0.1) is 6.54 Å². The lowest BCUT2D eigenvalue weighted by Gasteiger charge is -2.07. The van der Waals surface area contributed by atoms with Gasteiger partial charge in [0.1, 0.15) is 11.6 Å². The van der Waals surface area contributed by atoms with E-state index in [4.69, 9.17) is 5.84 Å². The van der Waals surface area contributed by atoms with Crippen molar-refractivity contribution in [2.75, 3.05) is 23.5 Å². The lowest BCUT2D eigenvalue weighted by molar-refractivity contribution is 0.163. The first-order valence-corrected chi connectivity index (χ1v) is 5.30. The van der Waals surface area contributed by atoms with Crippen molar-refractivity contribution in [2.24, 2.45) is 5.84 Å². The SMILES string of the molecule is CSc1nc(NN)cc(NCC(F)F)n1. The van der Waals surface area contributed by atoms with Crippen molar-refractivity contribution in [3.63, 3.8) is 0 Å². The van der Waals surface area contributed by atoms with Crippen LogP contribution in [0, 0.1) is 0 Å². The monoisotopic (exact) mass is 235 g/mol. The number of thioether (sulfide) groups is 1. The van der Waals surface area contributed by atoms with E-state index in [1.807, 2.05) is 0 Å². The van der Waals surface area contributed by atoms with Crippen LogP contribution in [-0.4, -0.2) is 29.2 Å². The average molecular weight is 235 g/mol. The molecule has 5 nitrogen and oxygen atoms in total. The Morgan fingerprint density at radius 2 is 2.13 bits per heavy atom. The van der Waals surface area contributed by atoms with Crippen LogP contribution in [-0.2, 0) is 0 Å². The smallest absolute Gasteiger partial charge is 0.255 e. The zero-order valence-electron chi connectivity index (χ0n) is 8.00. The molecule has 0 atom stereocenters. The minimum atomic E-state index is -2.42. The molecule has 0 saturated heterocycles. The number of anilines is 2. The van der Waals surface area contributed by atoms with E-state index in [0.717, 1.165) is 0 Å². The van der Waals surface area contributed by atoms with E-state index < -0.39 is 13.0 Å². The maximum atomic E-state index is 11.9. The van der Waals surface area contributed by atoms with Gasteiger partial charge in [-0.1, -0.05) is 11.8 Å². The van der Waals surface area contributed by atoms with Gasteiger partial charge < -0.3 is 10.7 Å². The molecule has 0 bridgehead atoms. The van der Waals surface area contributed by atoms with Crippen molar-refractivity contribution in [1.29, 1.82) is 0 Å². The fourth-order valence-electron chi connectivity index (χ4n) is 0.863. The number of rotatable bonds is 5. The molecule has 0 saturated carbocycles. The summed E-state index contributed by atoms with van der Waals surface area (Å²) in [6, 6.07) is 1.46. The molecule has 1 rings (SSSR count). The van der Waals surface area contributed by atoms with Gasteiger partial charge in [0.25, 0.3) is 6.43 Å². The quantitative estimate of drug-likeness (QED) is 0.308. The number of nitrogens with zero attached hydrogens (tertiary/aromatic N) is 2. The first-order chi connectivity index (χ1) is 7.15. The molecule has 0 unspecified atom stereocenters. The van der Waals surface area contributed by atoms with Crippen LogP contribution in [0.2, 0.25) is 0 Å². The highest BCUT2D eigenvalue weighted by molar-refractivity contribution is 7.98. The van der Waals surface area contributed by atoms with Gasteiger partial charge in [0.15, 0.2) is 5.16 Å². The van der Waals surface area contributed by atoms with Crippen molar-refractivity contribution in [3.8, 4) is 0 Å². The lowest BCUT2D eigenvalue weighted by Crippen LogP contribution is -2.14. The topological polar surface area (TPSA) is 75.9 Å². The molecule has 8 heteroatoms. The highest BCUT2D eigenvalue weighted by Gasteiger charge is 2.05. The third-order valence-electron chi connectivity index (χ3n) is 1.47. The summed E-state index contributed by atoms with van der Waals surface area (Å²) in [5, 5.41) is 2.94. The van der Waals surface area contributed by atoms with Crippen LogP contribution in [0.4, 0.5) is 20.4 Å². The fraction of sp³-hybridized carbons (Fsp3) is 0.429. The molecule has 0 aliphatic heterocycles. The molecule has 1 heterocycles. The van der Waals surface area contributed by atoms with Crippen molar-refractivity contribution in [2.45, 2.75) is 11.6 Å². The summed E-state index contributed by atoms with van der Waals surface area (Å²) >= 11 is 1.30. The van der Waals surface area contributed by atoms with E-state index in [1.54, 1.807) is 6.26 Å². The number of hydrogen-bond acceptors (Lipinski definition) is 6. The third-order valence-corrected chi connectivity index (χ3v) is 2.02. The molecule has 0 radical (unpaired) electrons. The van der Waals surface area contributed by atoms with Crippen LogP contribution in [0.15, 0.2) is 11.2 Å². The van der Waals surface area contributed by atoms with E-state index >= 15 is 0 Å². The zero-order valence-corrected chi connectivity index (χ0v) is 8.81. The maximum Gasteiger partial charge on any atom is 0.255 e. The van der Waals surface area contributed by atoms with Crippen molar-refractivity contribution >= 4 is 23.4 Å². The Morgan fingerprint density at radius 1 is 1.47 bits per heavy atom. The summed E-state index contributed by atoms with van der Waals surface area (Å²) in [5.41, 5.74) is 2.34. The first kappa shape index (κ1) is 11.9. The summed E-state index contributed by atoms with van der Waals surface area (Å²) in [5.74, 6) is 5.88. The number of hydrazine groups is 1. The van der Waals surface area contributed by atoms with Gasteiger partial charge in [-0.25, -0.2) is 24.6 Å². The number of hydrogen-bond donors (Lipinski definition) is 3. The molecule has 0 fully saturated rings. The summed E-state index contributed by atoms with van der Waals surface area (Å²) in [6.45, 7) is -0.450. The number of alkyl halides is 2. The number of aromatic nitrogens is 2. The third kappa shape index (κ3) is 3.84. The summed E-state index contributed by atoms with van der Waals surface area (Å²) in [7, 11) is 0. The van der Waals surface area contributed by atoms with Crippen LogP contribution in [0.1, 0.15) is 0 Å². The summed E-state index contributed by atoms with van der Waals surface area (Å²) < 4.78 is 23.9. The van der Waals surface area contributed by atoms with Gasteiger partial charge in [0.2, 0.25) is 0 Å². The predicted molar refractivity (Wildman–Crippen MR) is 56.1 cm³/mol. The summed E-state index contributed by atoms with van der Waals surface area (Å²) in [4.78, 5) is 7.97. The van der Waals surface area contributed by atoms with E-state index in [9.17, 15) is 8.78 Å². The lowest BCUT2D eigenvalue weighted by atomic mass is 10.5. The van der Waals surface area contributed by atoms with Gasteiger partial charge >= 0.3 is 0 Å². The van der Waals surface area contributed by atoms with E-state index in [2.05, 4.69) is 20.7 Å². The summed E-state index contributed by atoms with van der Waals surface area (Å²) in [6.07, 6.45) is -0.640. The van der Waals surface area contributed by atoms with Gasteiger partial charge in [-0.05, 0) is 6.26 Å². The Balaban J connectivity index is 2.77. The van der Waals surface area contributed by atoms with Crippen LogP contribution in [0.25, 0.3) is 0 Å². The van der Waals surface area contributed by atoms with Gasteiger partial charge in [-0.15, -0.1) is 0 Å². The van der Waals surface area contributed by atoms with E-state index in [0.29, 0.717) is 16.8 Å². The second-order valence-electron chi connectivity index (χ2n) is 2.54. The van der Waals surface area contributed by atoms with E-state index in [-0.39, 0.29) is 0 Å². The largest absolute Gasteiger partial charge is 0.364 e. The Labute approximate surface area is 89.8 Å². The zero-order chi connectivity index (χ0) is 11.3. The normalized spacial score (nSPS) is 10.5. The Morgan fingerprint density at radius 3 is 2.67 bits per heavy atom. The van der Waals surface area contributed by atoms with Crippen molar-refractivity contribution in [1.82, 2.24) is 9.97 Å². The molecule has 0 aliphatic carbocycles. The number of nitrogens with one attached hydrogen (secondary N) is 2. The van der Waals surface area contributed by atoms with Gasteiger partial charge in [-0.3, -0.25) is 0 Å². The minimum absolute atomic E-state index is 0.322. The van der Waals surface area contributed by atoms with Crippen LogP contribution in [0.3, 0.4) is 0 Å². The highest BCUT2D eigenvalue weighted by atomic mass is 32.2.